The summed E-state index contributed by atoms with van der Waals surface area (Å²) in [7, 11) is 0. The lowest BCUT2D eigenvalue weighted by Crippen LogP contribution is -2.65. The van der Waals surface area contributed by atoms with Gasteiger partial charge in [-0.2, -0.15) is 11.8 Å². The second-order valence-corrected chi connectivity index (χ2v) is 7.05. The van der Waals surface area contributed by atoms with Crippen LogP contribution in [0.4, 0.5) is 0 Å². The van der Waals surface area contributed by atoms with Gasteiger partial charge in [-0.1, -0.05) is 27.7 Å². The van der Waals surface area contributed by atoms with Gasteiger partial charge in [-0.15, -0.1) is 0 Å². The van der Waals surface area contributed by atoms with Crippen molar-refractivity contribution in [1.82, 2.24) is 5.32 Å². The van der Waals surface area contributed by atoms with E-state index in [2.05, 4.69) is 33.0 Å². The van der Waals surface area contributed by atoms with Crippen molar-refractivity contribution in [3.05, 3.63) is 0 Å². The molecule has 1 N–H and O–H groups in total. The molecule has 2 heterocycles. The molecule has 2 rings (SSSR count). The van der Waals surface area contributed by atoms with E-state index >= 15 is 0 Å². The maximum Gasteiger partial charge on any atom is 0.129 e. The highest BCUT2D eigenvalue weighted by Gasteiger charge is 2.47. The van der Waals surface area contributed by atoms with E-state index in [9.17, 15) is 0 Å². The van der Waals surface area contributed by atoms with Crippen LogP contribution >= 0.6 is 11.8 Å². The van der Waals surface area contributed by atoms with Gasteiger partial charge < -0.3 is 4.74 Å². The fraction of sp³-hybridized carbons (Fsp3) is 1.00. The van der Waals surface area contributed by atoms with E-state index in [-0.39, 0.29) is 11.1 Å². The molecule has 1 spiro atoms. The van der Waals surface area contributed by atoms with Crippen molar-refractivity contribution < 1.29 is 4.74 Å². The average Bonchev–Trinajstić information content (AvgIpc) is 2.59. The van der Waals surface area contributed by atoms with Gasteiger partial charge in [0.2, 0.25) is 0 Å². The van der Waals surface area contributed by atoms with E-state index < -0.39 is 0 Å². The van der Waals surface area contributed by atoms with Crippen molar-refractivity contribution in [3.63, 3.8) is 0 Å². The van der Waals surface area contributed by atoms with Crippen molar-refractivity contribution in [3.8, 4) is 0 Å². The smallest absolute Gasteiger partial charge is 0.129 e. The number of nitrogens with one attached hydrogen (secondary N) is 1. The highest BCUT2D eigenvalue weighted by atomic mass is 32.2. The first-order chi connectivity index (χ1) is 6.95. The molecule has 2 aliphatic heterocycles. The topological polar surface area (TPSA) is 21.3 Å². The Morgan fingerprint density at radius 2 is 2.13 bits per heavy atom. The normalized spacial score (nSPS) is 40.2. The zero-order valence-corrected chi connectivity index (χ0v) is 11.1. The molecule has 2 atom stereocenters. The van der Waals surface area contributed by atoms with E-state index in [1.54, 1.807) is 0 Å². The van der Waals surface area contributed by atoms with Crippen LogP contribution in [-0.2, 0) is 4.74 Å². The fourth-order valence-corrected chi connectivity index (χ4v) is 4.04. The SMILES string of the molecule is CC(C)C1NC2(CCSC2)OCC1(C)C. The lowest BCUT2D eigenvalue weighted by molar-refractivity contribution is -0.150. The average molecular weight is 229 g/mol. The van der Waals surface area contributed by atoms with Crippen LogP contribution in [-0.4, -0.2) is 29.9 Å². The maximum atomic E-state index is 6.09. The van der Waals surface area contributed by atoms with Crippen LogP contribution in [0.5, 0.6) is 0 Å². The molecule has 0 bridgehead atoms. The largest absolute Gasteiger partial charge is 0.359 e. The van der Waals surface area contributed by atoms with Crippen molar-refractivity contribution in [2.75, 3.05) is 18.1 Å². The molecular weight excluding hydrogens is 206 g/mol. The zero-order valence-electron chi connectivity index (χ0n) is 10.3. The number of thioether (sulfide) groups is 1. The number of ether oxygens (including phenoxy) is 1. The van der Waals surface area contributed by atoms with Gasteiger partial charge >= 0.3 is 0 Å². The Morgan fingerprint density at radius 3 is 2.67 bits per heavy atom. The summed E-state index contributed by atoms with van der Waals surface area (Å²) >= 11 is 2.01. The predicted octanol–water partition coefficient (Wildman–Crippen LogP) is 2.49. The molecule has 3 heteroatoms. The van der Waals surface area contributed by atoms with Gasteiger partial charge in [-0.05, 0) is 18.1 Å². The van der Waals surface area contributed by atoms with E-state index in [4.69, 9.17) is 4.74 Å². The highest BCUT2D eigenvalue weighted by Crippen LogP contribution is 2.39. The monoisotopic (exact) mass is 229 g/mol. The molecule has 2 aliphatic rings. The molecule has 0 saturated carbocycles. The summed E-state index contributed by atoms with van der Waals surface area (Å²) in [6.07, 6.45) is 1.16. The fourth-order valence-electron chi connectivity index (χ4n) is 2.78. The standard InChI is InChI=1S/C12H23NOS/c1-9(2)10-11(3,4)7-14-12(13-10)5-6-15-8-12/h9-10,13H,5-8H2,1-4H3. The lowest BCUT2D eigenvalue weighted by Gasteiger charge is -2.49. The molecule has 0 amide bonds. The summed E-state index contributed by atoms with van der Waals surface area (Å²) in [5, 5.41) is 3.78. The molecule has 2 nitrogen and oxygen atoms in total. The first kappa shape index (κ1) is 11.7. The van der Waals surface area contributed by atoms with Gasteiger partial charge in [-0.3, -0.25) is 5.32 Å². The van der Waals surface area contributed by atoms with Gasteiger partial charge in [0.15, 0.2) is 0 Å². The third-order valence-corrected chi connectivity index (χ3v) is 4.80. The molecule has 15 heavy (non-hydrogen) atoms. The molecule has 0 aromatic carbocycles. The Hall–Kier alpha value is 0.270. The first-order valence-electron chi connectivity index (χ1n) is 5.95. The van der Waals surface area contributed by atoms with Crippen LogP contribution in [0.3, 0.4) is 0 Å². The molecule has 0 aromatic heterocycles. The van der Waals surface area contributed by atoms with Crippen molar-refractivity contribution in [1.29, 1.82) is 0 Å². The van der Waals surface area contributed by atoms with Crippen molar-refractivity contribution in [2.24, 2.45) is 11.3 Å². The van der Waals surface area contributed by atoms with Crippen LogP contribution in [0.25, 0.3) is 0 Å². The second kappa shape index (κ2) is 3.94. The van der Waals surface area contributed by atoms with Crippen LogP contribution in [0.2, 0.25) is 0 Å². The van der Waals surface area contributed by atoms with E-state index in [0.29, 0.717) is 12.0 Å². The van der Waals surface area contributed by atoms with Gasteiger partial charge in [0.25, 0.3) is 0 Å². The third kappa shape index (κ3) is 2.20. The number of rotatable bonds is 1. The number of hydrogen-bond donors (Lipinski definition) is 1. The Kier molecular flexibility index (Phi) is 3.08. The van der Waals surface area contributed by atoms with Crippen molar-refractivity contribution >= 4 is 11.8 Å². The summed E-state index contributed by atoms with van der Waals surface area (Å²) in [5.41, 5.74) is 0.252. The third-order valence-electron chi connectivity index (χ3n) is 3.63. The molecule has 2 fully saturated rings. The van der Waals surface area contributed by atoms with Crippen LogP contribution < -0.4 is 5.32 Å². The summed E-state index contributed by atoms with van der Waals surface area (Å²) in [5.74, 6) is 3.02. The molecule has 0 aromatic rings. The van der Waals surface area contributed by atoms with Gasteiger partial charge in [0, 0.05) is 17.2 Å². The predicted molar refractivity (Wildman–Crippen MR) is 66.2 cm³/mol. The quantitative estimate of drug-likeness (QED) is 0.746. The summed E-state index contributed by atoms with van der Waals surface area (Å²) in [4.78, 5) is 0. The minimum absolute atomic E-state index is 0.00484. The molecule has 88 valence electrons. The Morgan fingerprint density at radius 1 is 1.40 bits per heavy atom. The minimum Gasteiger partial charge on any atom is -0.359 e. The first-order valence-corrected chi connectivity index (χ1v) is 7.10. The maximum absolute atomic E-state index is 6.09. The Labute approximate surface area is 97.5 Å². The summed E-state index contributed by atoms with van der Waals surface area (Å²) < 4.78 is 6.09. The second-order valence-electron chi connectivity index (χ2n) is 5.94. The molecular formula is C12H23NOS. The molecule has 0 aliphatic carbocycles. The molecule has 0 radical (unpaired) electrons. The summed E-state index contributed by atoms with van der Waals surface area (Å²) in [6, 6.07) is 0.574. The van der Waals surface area contributed by atoms with Gasteiger partial charge in [0.1, 0.15) is 5.72 Å². The van der Waals surface area contributed by atoms with E-state index in [1.807, 2.05) is 11.8 Å². The van der Waals surface area contributed by atoms with Crippen LogP contribution in [0, 0.1) is 11.3 Å². The molecule has 2 unspecified atom stereocenters. The van der Waals surface area contributed by atoms with Crippen LogP contribution in [0.1, 0.15) is 34.1 Å². The Bertz CT molecular complexity index is 234. The van der Waals surface area contributed by atoms with Gasteiger partial charge in [0.05, 0.1) is 6.61 Å². The van der Waals surface area contributed by atoms with E-state index in [0.717, 1.165) is 18.8 Å². The lowest BCUT2D eigenvalue weighted by atomic mass is 9.77. The van der Waals surface area contributed by atoms with Crippen LogP contribution in [0.15, 0.2) is 0 Å². The van der Waals surface area contributed by atoms with Crippen molar-refractivity contribution in [2.45, 2.75) is 45.9 Å². The van der Waals surface area contributed by atoms with E-state index in [1.165, 1.54) is 5.75 Å². The summed E-state index contributed by atoms with van der Waals surface area (Å²) in [6.45, 7) is 10.1. The number of hydrogen-bond acceptors (Lipinski definition) is 3. The van der Waals surface area contributed by atoms with Gasteiger partial charge in [-0.25, -0.2) is 0 Å². The zero-order chi connectivity index (χ0) is 11.1. The Balaban J connectivity index is 2.12. The molecule has 2 saturated heterocycles. The minimum atomic E-state index is -0.00484. The highest BCUT2D eigenvalue weighted by molar-refractivity contribution is 7.99.